The first-order valence-corrected chi connectivity index (χ1v) is 14.9. The Hall–Kier alpha value is -4.40. The van der Waals surface area contributed by atoms with Crippen LogP contribution >= 0.6 is 0 Å². The van der Waals surface area contributed by atoms with Crippen molar-refractivity contribution in [1.82, 2.24) is 5.32 Å². The van der Waals surface area contributed by atoms with E-state index in [1.807, 2.05) is 91.0 Å². The molecule has 4 aromatic carbocycles. The second kappa shape index (κ2) is 14.4. The van der Waals surface area contributed by atoms with Gasteiger partial charge in [-0.2, -0.15) is 0 Å². The first-order chi connectivity index (χ1) is 21.2. The number of amides is 1. The number of esters is 1. The fourth-order valence-electron chi connectivity index (χ4n) is 5.08. The second-order valence-electron chi connectivity index (χ2n) is 11.9. The fraction of sp³-hybridized carbons (Fsp3) is 0.278. The molecule has 4 aromatic rings. The zero-order valence-corrected chi connectivity index (χ0v) is 25.3. The van der Waals surface area contributed by atoms with Gasteiger partial charge in [-0.1, -0.05) is 115 Å². The van der Waals surface area contributed by atoms with E-state index in [9.17, 15) is 9.59 Å². The van der Waals surface area contributed by atoms with Gasteiger partial charge in [-0.3, -0.25) is 0 Å². The molecule has 1 amide bonds. The summed E-state index contributed by atoms with van der Waals surface area (Å²) in [5, 5.41) is 2.70. The van der Waals surface area contributed by atoms with Gasteiger partial charge in [0.05, 0.1) is 12.2 Å². The summed E-state index contributed by atoms with van der Waals surface area (Å²) in [5.41, 5.74) is 4.04. The predicted molar refractivity (Wildman–Crippen MR) is 170 cm³/mol. The molecule has 5 rings (SSSR count). The minimum absolute atomic E-state index is 0.104. The van der Waals surface area contributed by atoms with Crippen molar-refractivity contribution in [3.05, 3.63) is 138 Å². The van der Waals surface area contributed by atoms with Gasteiger partial charge in [0, 0.05) is 12.8 Å². The van der Waals surface area contributed by atoms with Crippen LogP contribution in [0.4, 0.5) is 4.79 Å². The highest BCUT2D eigenvalue weighted by Gasteiger charge is 2.37. The summed E-state index contributed by atoms with van der Waals surface area (Å²) >= 11 is 0. The van der Waals surface area contributed by atoms with Crippen LogP contribution in [0.15, 0.2) is 115 Å². The van der Waals surface area contributed by atoms with Crippen LogP contribution in [-0.2, 0) is 36.6 Å². The third-order valence-corrected chi connectivity index (χ3v) is 7.24. The van der Waals surface area contributed by atoms with E-state index in [4.69, 9.17) is 18.8 Å². The van der Waals surface area contributed by atoms with Crippen LogP contribution in [0, 0.1) is 0 Å². The van der Waals surface area contributed by atoms with Gasteiger partial charge in [-0.15, -0.1) is 0 Å². The number of rotatable bonds is 9. The summed E-state index contributed by atoms with van der Waals surface area (Å²) in [4.78, 5) is 25.8. The number of nitrogens with one attached hydrogen (secondary N) is 1. The van der Waals surface area contributed by atoms with Gasteiger partial charge < -0.3 is 24.1 Å². The van der Waals surface area contributed by atoms with E-state index in [1.165, 1.54) is 0 Å². The molecule has 0 bridgehead atoms. The number of benzene rings is 4. The quantitative estimate of drug-likeness (QED) is 0.177. The Bertz CT molecular complexity index is 1450. The summed E-state index contributed by atoms with van der Waals surface area (Å²) < 4.78 is 23.9. The molecule has 1 saturated heterocycles. The molecule has 1 aliphatic rings. The van der Waals surface area contributed by atoms with Crippen LogP contribution in [0.2, 0.25) is 0 Å². The van der Waals surface area contributed by atoms with E-state index in [-0.39, 0.29) is 25.2 Å². The molecule has 1 fully saturated rings. The Morgan fingerprint density at radius 1 is 0.773 bits per heavy atom. The fourth-order valence-corrected chi connectivity index (χ4v) is 5.08. The molecular formula is C36H38BNO6. The van der Waals surface area contributed by atoms with E-state index in [1.54, 1.807) is 20.8 Å². The van der Waals surface area contributed by atoms with Gasteiger partial charge in [0.2, 0.25) is 0 Å². The number of ether oxygens (including phenoxy) is 2. The second-order valence-corrected chi connectivity index (χ2v) is 11.9. The Balaban J connectivity index is 1.31. The van der Waals surface area contributed by atoms with Crippen molar-refractivity contribution in [2.24, 2.45) is 0 Å². The SMILES string of the molecule is CC(C)(C)OC(=O)N[C@@H](Cc1ccc(B2OC(c3ccccc3)CC(c3ccccc3)O2)cc1)C(=O)OCc1ccccc1. The lowest BCUT2D eigenvalue weighted by atomic mass is 9.75. The largest absolute Gasteiger partial charge is 0.494 e. The molecule has 7 nitrogen and oxygen atoms in total. The molecule has 0 aliphatic carbocycles. The summed E-state index contributed by atoms with van der Waals surface area (Å²) in [6.45, 7) is 5.42. The van der Waals surface area contributed by atoms with E-state index >= 15 is 0 Å². The molecule has 1 N–H and O–H groups in total. The maximum Gasteiger partial charge on any atom is 0.494 e. The van der Waals surface area contributed by atoms with Gasteiger partial charge in [-0.05, 0) is 48.5 Å². The molecule has 0 saturated carbocycles. The molecule has 0 aromatic heterocycles. The summed E-state index contributed by atoms with van der Waals surface area (Å²) in [5.74, 6) is -0.542. The number of carbonyl (C=O) groups excluding carboxylic acids is 2. The van der Waals surface area contributed by atoms with Gasteiger partial charge in [-0.25, -0.2) is 9.59 Å². The topological polar surface area (TPSA) is 83.1 Å². The summed E-state index contributed by atoms with van der Waals surface area (Å²) in [6.07, 6.45) is -0.0354. The molecule has 0 spiro atoms. The average molecular weight is 592 g/mol. The average Bonchev–Trinajstić information content (AvgIpc) is 3.04. The van der Waals surface area contributed by atoms with E-state index in [0.717, 1.165) is 27.7 Å². The molecule has 2 unspecified atom stereocenters. The van der Waals surface area contributed by atoms with E-state index in [0.29, 0.717) is 6.42 Å². The molecule has 1 heterocycles. The maximum absolute atomic E-state index is 13.1. The van der Waals surface area contributed by atoms with Gasteiger partial charge >= 0.3 is 19.2 Å². The molecule has 44 heavy (non-hydrogen) atoms. The Morgan fingerprint density at radius 2 is 1.30 bits per heavy atom. The van der Waals surface area contributed by atoms with Crippen LogP contribution in [0.1, 0.15) is 61.7 Å². The van der Waals surface area contributed by atoms with Crippen molar-refractivity contribution >= 4 is 24.6 Å². The van der Waals surface area contributed by atoms with Gasteiger partial charge in [0.15, 0.2) is 0 Å². The Kier molecular flexibility index (Phi) is 10.1. The Morgan fingerprint density at radius 3 is 1.82 bits per heavy atom. The predicted octanol–water partition coefficient (Wildman–Crippen LogP) is 6.48. The zero-order valence-electron chi connectivity index (χ0n) is 25.3. The standard InChI is InChI=1S/C36H38BNO6/c1-36(2,3)42-35(40)38-31(34(39)41-25-27-13-7-4-8-14-27)23-26-19-21-30(22-20-26)37-43-32(28-15-9-5-10-16-28)24-33(44-37)29-17-11-6-12-18-29/h4-22,31-33H,23-25H2,1-3H3,(H,38,40)/t31-,32?,33?/m0/s1. The van der Waals surface area contributed by atoms with Gasteiger partial charge in [0.1, 0.15) is 18.2 Å². The number of alkyl carbamates (subject to hydrolysis) is 1. The van der Waals surface area contributed by atoms with Crippen LogP contribution < -0.4 is 10.8 Å². The lowest BCUT2D eigenvalue weighted by Crippen LogP contribution is -2.45. The van der Waals surface area contributed by atoms with Crippen molar-refractivity contribution in [3.63, 3.8) is 0 Å². The van der Waals surface area contributed by atoms with Crippen LogP contribution in [0.3, 0.4) is 0 Å². The lowest BCUT2D eigenvalue weighted by molar-refractivity contribution is -0.147. The number of hydrogen-bond acceptors (Lipinski definition) is 6. The summed E-state index contributed by atoms with van der Waals surface area (Å²) in [6, 6.07) is 36.5. The normalized spacial score (nSPS) is 17.4. The smallest absolute Gasteiger partial charge is 0.459 e. The minimum atomic E-state index is -0.938. The van der Waals surface area contributed by atoms with Crippen molar-refractivity contribution < 1.29 is 28.4 Å². The molecule has 1 aliphatic heterocycles. The lowest BCUT2D eigenvalue weighted by Gasteiger charge is -2.35. The van der Waals surface area contributed by atoms with Crippen LogP contribution in [0.25, 0.3) is 0 Å². The van der Waals surface area contributed by atoms with Crippen LogP contribution in [-0.4, -0.2) is 30.8 Å². The first-order valence-electron chi connectivity index (χ1n) is 14.9. The zero-order chi connectivity index (χ0) is 30.9. The first kappa shape index (κ1) is 31.0. The third-order valence-electron chi connectivity index (χ3n) is 7.24. The van der Waals surface area contributed by atoms with E-state index < -0.39 is 30.8 Å². The highest BCUT2D eigenvalue weighted by atomic mass is 16.6. The molecule has 0 radical (unpaired) electrons. The monoisotopic (exact) mass is 591 g/mol. The minimum Gasteiger partial charge on any atom is -0.459 e. The number of hydrogen-bond donors (Lipinski definition) is 1. The van der Waals surface area contributed by atoms with Gasteiger partial charge in [0.25, 0.3) is 0 Å². The van der Waals surface area contributed by atoms with E-state index in [2.05, 4.69) is 29.6 Å². The highest BCUT2D eigenvalue weighted by molar-refractivity contribution is 6.61. The van der Waals surface area contributed by atoms with Crippen LogP contribution in [0.5, 0.6) is 0 Å². The van der Waals surface area contributed by atoms with Crippen molar-refractivity contribution in [2.75, 3.05) is 0 Å². The highest BCUT2D eigenvalue weighted by Crippen LogP contribution is 2.37. The number of carbonyl (C=O) groups is 2. The van der Waals surface area contributed by atoms with Crippen molar-refractivity contribution in [1.29, 1.82) is 0 Å². The maximum atomic E-state index is 13.1. The third kappa shape index (κ3) is 8.82. The Labute approximate surface area is 259 Å². The molecule has 226 valence electrons. The van der Waals surface area contributed by atoms with Crippen molar-refractivity contribution in [2.45, 2.75) is 64.1 Å². The molecule has 3 atom stereocenters. The molecule has 8 heteroatoms. The summed E-state index contributed by atoms with van der Waals surface area (Å²) in [7, 11) is -0.584. The molecular weight excluding hydrogens is 553 g/mol. The van der Waals surface area contributed by atoms with Crippen molar-refractivity contribution in [3.8, 4) is 0 Å².